The molecule has 0 bridgehead atoms. The molecule has 0 unspecified atom stereocenters. The van der Waals surface area contributed by atoms with Gasteiger partial charge < -0.3 is 10.1 Å². The molecule has 2 N–H and O–H groups in total. The molecule has 0 spiro atoms. The van der Waals surface area contributed by atoms with Crippen molar-refractivity contribution in [3.8, 4) is 11.1 Å². The molecule has 0 fully saturated rings. The van der Waals surface area contributed by atoms with E-state index in [0.717, 1.165) is 28.7 Å². The highest BCUT2D eigenvalue weighted by molar-refractivity contribution is 5.89. The highest BCUT2D eigenvalue weighted by Gasteiger charge is 2.13. The first kappa shape index (κ1) is 12.1. The smallest absolute Gasteiger partial charge is 0.335 e. The van der Waals surface area contributed by atoms with Crippen LogP contribution in [0.2, 0.25) is 0 Å². The fraction of sp³-hybridized carbons (Fsp3) is 0.143. The fourth-order valence-corrected chi connectivity index (χ4v) is 2.10. The summed E-state index contributed by atoms with van der Waals surface area (Å²) >= 11 is 0. The van der Waals surface area contributed by atoms with E-state index in [1.165, 1.54) is 0 Å². The van der Waals surface area contributed by atoms with E-state index in [1.807, 2.05) is 13.8 Å². The molecule has 92 valence electrons. The molecule has 1 aromatic heterocycles. The van der Waals surface area contributed by atoms with Gasteiger partial charge in [0.25, 0.3) is 0 Å². The highest BCUT2D eigenvalue weighted by atomic mass is 16.4. The third-order valence-electron chi connectivity index (χ3n) is 3.01. The number of rotatable bonds is 3. The van der Waals surface area contributed by atoms with Gasteiger partial charge in [-0.3, -0.25) is 4.79 Å². The Bertz CT molecular complexity index is 609. The second-order valence-corrected chi connectivity index (χ2v) is 4.16. The van der Waals surface area contributed by atoms with Gasteiger partial charge in [0.2, 0.25) is 0 Å². The summed E-state index contributed by atoms with van der Waals surface area (Å²) in [4.78, 5) is 24.7. The molecule has 0 aliphatic carbocycles. The molecular formula is C14H13NO3. The molecule has 0 saturated carbocycles. The maximum Gasteiger partial charge on any atom is 0.335 e. The number of benzene rings is 1. The summed E-state index contributed by atoms with van der Waals surface area (Å²) in [5.74, 6) is -0.947. The van der Waals surface area contributed by atoms with E-state index in [-0.39, 0.29) is 5.56 Å². The zero-order valence-electron chi connectivity index (χ0n) is 10.2. The monoisotopic (exact) mass is 243 g/mol. The predicted molar refractivity (Wildman–Crippen MR) is 68.0 cm³/mol. The van der Waals surface area contributed by atoms with Crippen LogP contribution in [0.5, 0.6) is 0 Å². The SMILES string of the molecule is Cc1[nH]c(C=O)c(C)c1-c1ccc(C(=O)O)cc1. The van der Waals surface area contributed by atoms with Crippen molar-refractivity contribution in [1.29, 1.82) is 0 Å². The van der Waals surface area contributed by atoms with Crippen molar-refractivity contribution < 1.29 is 14.7 Å². The Kier molecular flexibility index (Phi) is 3.02. The number of aromatic amines is 1. The Labute approximate surface area is 104 Å². The molecule has 0 aliphatic heterocycles. The van der Waals surface area contributed by atoms with Gasteiger partial charge in [-0.05, 0) is 37.1 Å². The molecule has 1 heterocycles. The van der Waals surface area contributed by atoms with E-state index < -0.39 is 5.97 Å². The summed E-state index contributed by atoms with van der Waals surface area (Å²) in [6, 6.07) is 6.62. The van der Waals surface area contributed by atoms with Gasteiger partial charge in [-0.15, -0.1) is 0 Å². The van der Waals surface area contributed by atoms with Gasteiger partial charge in [0.05, 0.1) is 11.3 Å². The van der Waals surface area contributed by atoms with E-state index in [2.05, 4.69) is 4.98 Å². The van der Waals surface area contributed by atoms with Crippen molar-refractivity contribution >= 4 is 12.3 Å². The molecule has 1 aromatic carbocycles. The van der Waals surface area contributed by atoms with Gasteiger partial charge in [0.1, 0.15) is 0 Å². The number of aromatic nitrogens is 1. The Balaban J connectivity index is 2.52. The summed E-state index contributed by atoms with van der Waals surface area (Å²) < 4.78 is 0. The number of hydrogen-bond acceptors (Lipinski definition) is 2. The maximum atomic E-state index is 10.9. The molecule has 18 heavy (non-hydrogen) atoms. The van der Waals surface area contributed by atoms with Gasteiger partial charge in [0, 0.05) is 11.3 Å². The lowest BCUT2D eigenvalue weighted by atomic mass is 10.0. The number of carbonyl (C=O) groups is 2. The zero-order valence-corrected chi connectivity index (χ0v) is 10.2. The van der Waals surface area contributed by atoms with E-state index in [0.29, 0.717) is 5.69 Å². The van der Waals surface area contributed by atoms with Gasteiger partial charge in [0.15, 0.2) is 6.29 Å². The first-order chi connectivity index (χ1) is 8.54. The van der Waals surface area contributed by atoms with E-state index >= 15 is 0 Å². The lowest BCUT2D eigenvalue weighted by Crippen LogP contribution is -1.95. The first-order valence-corrected chi connectivity index (χ1v) is 5.52. The Morgan fingerprint density at radius 2 is 1.83 bits per heavy atom. The van der Waals surface area contributed by atoms with E-state index in [9.17, 15) is 9.59 Å². The summed E-state index contributed by atoms with van der Waals surface area (Å²) in [5.41, 5.74) is 4.45. The minimum atomic E-state index is -0.947. The molecular weight excluding hydrogens is 230 g/mol. The molecule has 0 aliphatic rings. The quantitative estimate of drug-likeness (QED) is 0.814. The van der Waals surface area contributed by atoms with Gasteiger partial charge in [-0.25, -0.2) is 4.79 Å². The van der Waals surface area contributed by atoms with Crippen LogP contribution in [0, 0.1) is 13.8 Å². The van der Waals surface area contributed by atoms with E-state index in [1.54, 1.807) is 24.3 Å². The van der Waals surface area contributed by atoms with Crippen LogP contribution in [0.4, 0.5) is 0 Å². The number of nitrogens with one attached hydrogen (secondary N) is 1. The predicted octanol–water partition coefficient (Wildman–Crippen LogP) is 2.81. The number of hydrogen-bond donors (Lipinski definition) is 2. The van der Waals surface area contributed by atoms with Gasteiger partial charge in [-0.1, -0.05) is 12.1 Å². The number of carboxylic acid groups (broad SMARTS) is 1. The first-order valence-electron chi connectivity index (χ1n) is 5.52. The minimum Gasteiger partial charge on any atom is -0.478 e. The van der Waals surface area contributed by atoms with Crippen LogP contribution in [-0.2, 0) is 0 Å². The van der Waals surface area contributed by atoms with E-state index in [4.69, 9.17) is 5.11 Å². The Morgan fingerprint density at radius 3 is 2.28 bits per heavy atom. The van der Waals surface area contributed by atoms with Crippen LogP contribution in [0.3, 0.4) is 0 Å². The molecule has 2 aromatic rings. The van der Waals surface area contributed by atoms with Crippen LogP contribution in [0.1, 0.15) is 32.1 Å². The number of carbonyl (C=O) groups excluding carboxylic acids is 1. The van der Waals surface area contributed by atoms with Crippen molar-refractivity contribution in [1.82, 2.24) is 4.98 Å². The standard InChI is InChI=1S/C14H13NO3/c1-8-12(7-16)15-9(2)13(8)10-3-5-11(6-4-10)14(17)18/h3-7,15H,1-2H3,(H,17,18). The second kappa shape index (κ2) is 4.49. The number of aldehydes is 1. The van der Waals surface area contributed by atoms with Crippen molar-refractivity contribution in [2.24, 2.45) is 0 Å². The largest absolute Gasteiger partial charge is 0.478 e. The molecule has 0 atom stereocenters. The van der Waals surface area contributed by atoms with Crippen molar-refractivity contribution in [3.05, 3.63) is 46.8 Å². The maximum absolute atomic E-state index is 10.9. The summed E-state index contributed by atoms with van der Waals surface area (Å²) in [6.07, 6.45) is 0.789. The molecule has 0 amide bonds. The molecule has 4 nitrogen and oxygen atoms in total. The molecule has 2 rings (SSSR count). The van der Waals surface area contributed by atoms with Crippen molar-refractivity contribution in [3.63, 3.8) is 0 Å². The minimum absolute atomic E-state index is 0.250. The summed E-state index contributed by atoms with van der Waals surface area (Å²) in [6.45, 7) is 3.76. The topological polar surface area (TPSA) is 70.2 Å². The number of aryl methyl sites for hydroxylation is 1. The fourth-order valence-electron chi connectivity index (χ4n) is 2.10. The van der Waals surface area contributed by atoms with Gasteiger partial charge in [-0.2, -0.15) is 0 Å². The number of aromatic carboxylic acids is 1. The lowest BCUT2D eigenvalue weighted by molar-refractivity contribution is 0.0696. The third-order valence-corrected chi connectivity index (χ3v) is 3.01. The average molecular weight is 243 g/mol. The van der Waals surface area contributed by atoms with Crippen LogP contribution in [-0.4, -0.2) is 22.3 Å². The third kappa shape index (κ3) is 1.93. The lowest BCUT2D eigenvalue weighted by Gasteiger charge is -2.03. The van der Waals surface area contributed by atoms with Crippen molar-refractivity contribution in [2.45, 2.75) is 13.8 Å². The zero-order chi connectivity index (χ0) is 13.3. The van der Waals surface area contributed by atoms with Crippen LogP contribution in [0.25, 0.3) is 11.1 Å². The van der Waals surface area contributed by atoms with Crippen LogP contribution >= 0.6 is 0 Å². The van der Waals surface area contributed by atoms with Crippen LogP contribution < -0.4 is 0 Å². The average Bonchev–Trinajstić information content (AvgIpc) is 2.64. The normalized spacial score (nSPS) is 10.3. The molecule has 4 heteroatoms. The molecule has 0 radical (unpaired) electrons. The second-order valence-electron chi connectivity index (χ2n) is 4.16. The Morgan fingerprint density at radius 1 is 1.22 bits per heavy atom. The van der Waals surface area contributed by atoms with Crippen molar-refractivity contribution in [2.75, 3.05) is 0 Å². The highest BCUT2D eigenvalue weighted by Crippen LogP contribution is 2.29. The Hall–Kier alpha value is -2.36. The van der Waals surface area contributed by atoms with Crippen LogP contribution in [0.15, 0.2) is 24.3 Å². The molecule has 0 saturated heterocycles. The summed E-state index contributed by atoms with van der Waals surface area (Å²) in [7, 11) is 0. The van der Waals surface area contributed by atoms with Gasteiger partial charge >= 0.3 is 5.97 Å². The number of carboxylic acids is 1. The number of H-pyrrole nitrogens is 1. The summed E-state index contributed by atoms with van der Waals surface area (Å²) in [5, 5.41) is 8.85.